The summed E-state index contributed by atoms with van der Waals surface area (Å²) in [5.74, 6) is 0.580. The first-order valence-electron chi connectivity index (χ1n) is 6.68. The van der Waals surface area contributed by atoms with E-state index in [1.54, 1.807) is 0 Å². The van der Waals surface area contributed by atoms with Crippen LogP contribution in [0.2, 0.25) is 0 Å². The van der Waals surface area contributed by atoms with Gasteiger partial charge in [-0.1, -0.05) is 32.4 Å². The lowest BCUT2D eigenvalue weighted by molar-refractivity contribution is -0.116. The molecule has 1 aromatic rings. The Morgan fingerprint density at radius 2 is 2.17 bits per heavy atom. The van der Waals surface area contributed by atoms with Gasteiger partial charge in [-0.3, -0.25) is 4.79 Å². The molecule has 0 saturated carbocycles. The maximum absolute atomic E-state index is 11.5. The number of anilines is 1. The third kappa shape index (κ3) is 2.86. The van der Waals surface area contributed by atoms with E-state index in [2.05, 4.69) is 25.2 Å². The number of rotatable bonds is 3. The molecular weight excluding hydrogens is 246 g/mol. The van der Waals surface area contributed by atoms with Gasteiger partial charge in [0.2, 0.25) is 5.91 Å². The van der Waals surface area contributed by atoms with Crippen molar-refractivity contribution in [2.24, 2.45) is 5.92 Å². The molecule has 2 nitrogen and oxygen atoms in total. The number of halogens is 1. The van der Waals surface area contributed by atoms with Gasteiger partial charge in [-0.25, -0.2) is 0 Å². The third-order valence-corrected chi connectivity index (χ3v) is 4.40. The van der Waals surface area contributed by atoms with Crippen molar-refractivity contribution in [3.63, 3.8) is 0 Å². The average Bonchev–Trinajstić information content (AvgIpc) is 2.56. The predicted molar refractivity (Wildman–Crippen MR) is 76.1 cm³/mol. The number of benzene rings is 1. The summed E-state index contributed by atoms with van der Waals surface area (Å²) < 4.78 is 0. The SMILES string of the molecule is CCC(C)C(Cl)c1ccc2c(c1)CCCC(=O)N2. The number of hydrogen-bond donors (Lipinski definition) is 1. The van der Waals surface area contributed by atoms with Crippen molar-refractivity contribution in [3.8, 4) is 0 Å². The summed E-state index contributed by atoms with van der Waals surface area (Å²) in [5.41, 5.74) is 3.34. The second kappa shape index (κ2) is 5.75. The zero-order chi connectivity index (χ0) is 13.1. The minimum Gasteiger partial charge on any atom is -0.326 e. The number of carbonyl (C=O) groups excluding carboxylic acids is 1. The van der Waals surface area contributed by atoms with Gasteiger partial charge < -0.3 is 5.32 Å². The van der Waals surface area contributed by atoms with Gasteiger partial charge >= 0.3 is 0 Å². The van der Waals surface area contributed by atoms with E-state index in [1.165, 1.54) is 11.1 Å². The van der Waals surface area contributed by atoms with E-state index in [-0.39, 0.29) is 11.3 Å². The van der Waals surface area contributed by atoms with Crippen molar-refractivity contribution in [1.29, 1.82) is 0 Å². The fourth-order valence-electron chi connectivity index (χ4n) is 2.30. The van der Waals surface area contributed by atoms with Gasteiger partial charge in [-0.15, -0.1) is 11.6 Å². The van der Waals surface area contributed by atoms with E-state index < -0.39 is 0 Å². The van der Waals surface area contributed by atoms with Crippen molar-refractivity contribution in [2.45, 2.75) is 44.9 Å². The van der Waals surface area contributed by atoms with E-state index in [0.29, 0.717) is 12.3 Å². The van der Waals surface area contributed by atoms with Crippen LogP contribution in [0.1, 0.15) is 49.6 Å². The Labute approximate surface area is 114 Å². The van der Waals surface area contributed by atoms with Gasteiger partial charge in [-0.05, 0) is 36.0 Å². The van der Waals surface area contributed by atoms with Crippen LogP contribution in [0.4, 0.5) is 5.69 Å². The molecule has 1 N–H and O–H groups in total. The second-order valence-electron chi connectivity index (χ2n) is 5.11. The molecule has 1 aromatic carbocycles. The van der Waals surface area contributed by atoms with Gasteiger partial charge in [0.1, 0.15) is 0 Å². The molecule has 3 heteroatoms. The Morgan fingerprint density at radius 1 is 1.39 bits per heavy atom. The van der Waals surface area contributed by atoms with Gasteiger partial charge in [-0.2, -0.15) is 0 Å². The second-order valence-corrected chi connectivity index (χ2v) is 5.58. The number of amides is 1. The van der Waals surface area contributed by atoms with Crippen molar-refractivity contribution in [2.75, 3.05) is 5.32 Å². The maximum atomic E-state index is 11.5. The highest BCUT2D eigenvalue weighted by molar-refractivity contribution is 6.21. The van der Waals surface area contributed by atoms with Crippen LogP contribution in [0.15, 0.2) is 18.2 Å². The van der Waals surface area contributed by atoms with Crippen molar-refractivity contribution < 1.29 is 4.79 Å². The minimum atomic E-state index is 0.0549. The zero-order valence-corrected chi connectivity index (χ0v) is 11.8. The normalized spacial score (nSPS) is 18.5. The Kier molecular flexibility index (Phi) is 4.28. The van der Waals surface area contributed by atoms with Crippen molar-refractivity contribution >= 4 is 23.2 Å². The van der Waals surface area contributed by atoms with Crippen LogP contribution in [0, 0.1) is 5.92 Å². The molecule has 0 bridgehead atoms. The molecule has 2 atom stereocenters. The number of aryl methyl sites for hydroxylation is 1. The first-order chi connectivity index (χ1) is 8.61. The van der Waals surface area contributed by atoms with Gasteiger partial charge in [0.05, 0.1) is 5.38 Å². The lowest BCUT2D eigenvalue weighted by atomic mass is 9.95. The smallest absolute Gasteiger partial charge is 0.224 e. The molecule has 18 heavy (non-hydrogen) atoms. The molecule has 0 spiro atoms. The number of alkyl halides is 1. The quantitative estimate of drug-likeness (QED) is 0.812. The van der Waals surface area contributed by atoms with Crippen LogP contribution >= 0.6 is 11.6 Å². The Hall–Kier alpha value is -1.02. The topological polar surface area (TPSA) is 29.1 Å². The van der Waals surface area contributed by atoms with Crippen LogP contribution in [0.25, 0.3) is 0 Å². The van der Waals surface area contributed by atoms with Crippen LogP contribution in [-0.2, 0) is 11.2 Å². The summed E-state index contributed by atoms with van der Waals surface area (Å²) in [6, 6.07) is 6.19. The maximum Gasteiger partial charge on any atom is 0.224 e. The molecule has 1 aliphatic rings. The van der Waals surface area contributed by atoms with Crippen LogP contribution < -0.4 is 5.32 Å². The number of hydrogen-bond acceptors (Lipinski definition) is 1. The molecule has 0 radical (unpaired) electrons. The highest BCUT2D eigenvalue weighted by Gasteiger charge is 2.18. The summed E-state index contributed by atoms with van der Waals surface area (Å²) in [5, 5.41) is 3.00. The summed E-state index contributed by atoms with van der Waals surface area (Å²) in [4.78, 5) is 11.5. The largest absolute Gasteiger partial charge is 0.326 e. The molecule has 2 rings (SSSR count). The number of nitrogens with one attached hydrogen (secondary N) is 1. The minimum absolute atomic E-state index is 0.0549. The molecule has 0 aromatic heterocycles. The zero-order valence-electron chi connectivity index (χ0n) is 11.0. The van der Waals surface area contributed by atoms with Crippen LogP contribution in [-0.4, -0.2) is 5.91 Å². The molecule has 0 aliphatic carbocycles. The molecule has 1 aliphatic heterocycles. The van der Waals surface area contributed by atoms with Crippen molar-refractivity contribution in [1.82, 2.24) is 0 Å². The molecule has 1 heterocycles. The fourth-order valence-corrected chi connectivity index (χ4v) is 2.62. The Balaban J connectivity index is 2.26. The van der Waals surface area contributed by atoms with E-state index >= 15 is 0 Å². The van der Waals surface area contributed by atoms with E-state index in [1.807, 2.05) is 12.1 Å². The molecule has 1 amide bonds. The van der Waals surface area contributed by atoms with E-state index in [4.69, 9.17) is 11.6 Å². The summed E-state index contributed by atoms with van der Waals surface area (Å²) in [6.45, 7) is 4.33. The van der Waals surface area contributed by atoms with E-state index in [9.17, 15) is 4.79 Å². The predicted octanol–water partition coefficient (Wildman–Crippen LogP) is 4.29. The standard InChI is InChI=1S/C15H20ClNO/c1-3-10(2)15(16)12-7-8-13-11(9-12)5-4-6-14(18)17-13/h7-10,15H,3-6H2,1-2H3,(H,17,18). The fraction of sp³-hybridized carbons (Fsp3) is 0.533. The molecular formula is C15H20ClNO. The summed E-state index contributed by atoms with van der Waals surface area (Å²) in [7, 11) is 0. The molecule has 0 saturated heterocycles. The molecule has 0 fully saturated rings. The Bertz CT molecular complexity index is 444. The number of fused-ring (bicyclic) bond motifs is 1. The molecule has 98 valence electrons. The lowest BCUT2D eigenvalue weighted by Gasteiger charge is -2.18. The highest BCUT2D eigenvalue weighted by Crippen LogP contribution is 2.33. The van der Waals surface area contributed by atoms with Crippen LogP contribution in [0.3, 0.4) is 0 Å². The van der Waals surface area contributed by atoms with E-state index in [0.717, 1.165) is 24.9 Å². The average molecular weight is 266 g/mol. The van der Waals surface area contributed by atoms with Gasteiger partial charge in [0.25, 0.3) is 0 Å². The Morgan fingerprint density at radius 3 is 2.89 bits per heavy atom. The van der Waals surface area contributed by atoms with Gasteiger partial charge in [0.15, 0.2) is 0 Å². The first kappa shape index (κ1) is 13.4. The van der Waals surface area contributed by atoms with Gasteiger partial charge in [0, 0.05) is 12.1 Å². The molecule has 2 unspecified atom stereocenters. The summed E-state index contributed by atoms with van der Waals surface area (Å²) in [6.07, 6.45) is 3.55. The summed E-state index contributed by atoms with van der Waals surface area (Å²) >= 11 is 6.48. The van der Waals surface area contributed by atoms with Crippen LogP contribution in [0.5, 0.6) is 0 Å². The third-order valence-electron chi connectivity index (χ3n) is 3.72. The monoisotopic (exact) mass is 265 g/mol. The highest BCUT2D eigenvalue weighted by atomic mass is 35.5. The number of carbonyl (C=O) groups is 1. The lowest BCUT2D eigenvalue weighted by Crippen LogP contribution is -2.09. The van der Waals surface area contributed by atoms with Crippen molar-refractivity contribution in [3.05, 3.63) is 29.3 Å². The first-order valence-corrected chi connectivity index (χ1v) is 7.12.